The summed E-state index contributed by atoms with van der Waals surface area (Å²) in [7, 11) is 0. The molecule has 0 radical (unpaired) electrons. The molecule has 2 heterocycles. The van der Waals surface area contributed by atoms with Gasteiger partial charge in [-0.15, -0.1) is 0 Å². The first-order valence-electron chi connectivity index (χ1n) is 5.23. The second-order valence-electron chi connectivity index (χ2n) is 4.03. The zero-order chi connectivity index (χ0) is 10.8. The second-order valence-corrected chi connectivity index (χ2v) is 4.03. The number of nitrogens with zero attached hydrogens (tertiary/aromatic N) is 2. The number of imidazole rings is 1. The number of carbonyl (C=O) groups excluding carboxylic acids is 1. The third-order valence-corrected chi connectivity index (χ3v) is 2.40. The van der Waals surface area contributed by atoms with Crippen molar-refractivity contribution >= 4 is 5.91 Å². The minimum atomic E-state index is -0.309. The van der Waals surface area contributed by atoms with E-state index in [2.05, 4.69) is 15.6 Å². The molecule has 15 heavy (non-hydrogen) atoms. The number of carbonyl (C=O) groups is 1. The fourth-order valence-electron chi connectivity index (χ4n) is 1.77. The largest absolute Gasteiger partial charge is 0.352 e. The molecule has 1 aromatic rings. The average molecular weight is 208 g/mol. The van der Waals surface area contributed by atoms with Gasteiger partial charge in [-0.1, -0.05) is 0 Å². The Kier molecular flexibility index (Phi) is 2.73. The first-order chi connectivity index (χ1) is 7.18. The van der Waals surface area contributed by atoms with E-state index in [1.807, 2.05) is 24.6 Å². The van der Waals surface area contributed by atoms with Crippen molar-refractivity contribution in [3.63, 3.8) is 0 Å². The van der Waals surface area contributed by atoms with Crippen LogP contribution in [0.4, 0.5) is 0 Å². The lowest BCUT2D eigenvalue weighted by atomic mass is 10.2. The Morgan fingerprint density at radius 3 is 3.27 bits per heavy atom. The van der Waals surface area contributed by atoms with Crippen molar-refractivity contribution in [2.45, 2.75) is 32.5 Å². The van der Waals surface area contributed by atoms with Crippen LogP contribution in [-0.2, 0) is 11.3 Å². The molecule has 0 fully saturated rings. The van der Waals surface area contributed by atoms with Gasteiger partial charge in [0.15, 0.2) is 0 Å². The molecule has 0 unspecified atom stereocenters. The molecular formula is C10H16N4O. The topological polar surface area (TPSA) is 59.0 Å². The number of aromatic nitrogens is 2. The molecule has 0 aromatic carbocycles. The third-order valence-electron chi connectivity index (χ3n) is 2.40. The van der Waals surface area contributed by atoms with Crippen molar-refractivity contribution in [2.75, 3.05) is 6.54 Å². The SMILES string of the molecule is CC(C)NC(=O)[C@@H]1NCCn2ccnc21. The van der Waals surface area contributed by atoms with Crippen molar-refractivity contribution < 1.29 is 4.79 Å². The van der Waals surface area contributed by atoms with Crippen LogP contribution in [0.1, 0.15) is 25.7 Å². The standard InChI is InChI=1S/C10H16N4O/c1-7(2)13-10(15)8-9-12-4-6-14(9)5-3-11-8/h4,6-8,11H,3,5H2,1-2H3,(H,13,15)/t8-/m1/s1. The summed E-state index contributed by atoms with van der Waals surface area (Å²) < 4.78 is 2.01. The van der Waals surface area contributed by atoms with Gasteiger partial charge >= 0.3 is 0 Å². The maximum atomic E-state index is 11.8. The molecule has 2 rings (SSSR count). The number of fused-ring (bicyclic) bond motifs is 1. The van der Waals surface area contributed by atoms with E-state index in [1.54, 1.807) is 6.20 Å². The van der Waals surface area contributed by atoms with E-state index in [9.17, 15) is 4.79 Å². The van der Waals surface area contributed by atoms with Gasteiger partial charge in [0.25, 0.3) is 0 Å². The zero-order valence-electron chi connectivity index (χ0n) is 9.03. The molecule has 0 spiro atoms. The predicted molar refractivity (Wildman–Crippen MR) is 56.2 cm³/mol. The highest BCUT2D eigenvalue weighted by molar-refractivity contribution is 5.82. The van der Waals surface area contributed by atoms with Gasteiger partial charge in [0.2, 0.25) is 5.91 Å². The van der Waals surface area contributed by atoms with E-state index in [0.717, 1.165) is 18.9 Å². The summed E-state index contributed by atoms with van der Waals surface area (Å²) in [5.41, 5.74) is 0. The quantitative estimate of drug-likeness (QED) is 0.722. The molecule has 1 aliphatic rings. The van der Waals surface area contributed by atoms with E-state index in [1.165, 1.54) is 0 Å². The molecule has 0 saturated carbocycles. The highest BCUT2D eigenvalue weighted by Gasteiger charge is 2.27. The summed E-state index contributed by atoms with van der Waals surface area (Å²) >= 11 is 0. The van der Waals surface area contributed by atoms with E-state index in [-0.39, 0.29) is 18.0 Å². The molecule has 5 nitrogen and oxygen atoms in total. The summed E-state index contributed by atoms with van der Waals surface area (Å²) in [5, 5.41) is 6.06. The maximum Gasteiger partial charge on any atom is 0.245 e. The molecule has 0 bridgehead atoms. The fourth-order valence-corrected chi connectivity index (χ4v) is 1.77. The van der Waals surface area contributed by atoms with Crippen molar-refractivity contribution in [3.8, 4) is 0 Å². The molecule has 1 atom stereocenters. The molecule has 0 saturated heterocycles. The highest BCUT2D eigenvalue weighted by atomic mass is 16.2. The molecule has 2 N–H and O–H groups in total. The van der Waals surface area contributed by atoms with Crippen LogP contribution in [0.2, 0.25) is 0 Å². The minimum Gasteiger partial charge on any atom is -0.352 e. The van der Waals surface area contributed by atoms with Gasteiger partial charge in [-0.2, -0.15) is 0 Å². The normalized spacial score (nSPS) is 20.1. The van der Waals surface area contributed by atoms with Crippen molar-refractivity contribution in [1.29, 1.82) is 0 Å². The van der Waals surface area contributed by atoms with E-state index < -0.39 is 0 Å². The summed E-state index contributed by atoms with van der Waals surface area (Å²) in [5.74, 6) is 0.802. The molecule has 1 aliphatic heterocycles. The Hall–Kier alpha value is -1.36. The Balaban J connectivity index is 2.15. The summed E-state index contributed by atoms with van der Waals surface area (Å²) in [6, 6.07) is -0.152. The van der Waals surface area contributed by atoms with Crippen LogP contribution in [0, 0.1) is 0 Å². The Morgan fingerprint density at radius 1 is 1.73 bits per heavy atom. The van der Waals surface area contributed by atoms with Crippen LogP contribution in [0.3, 0.4) is 0 Å². The average Bonchev–Trinajstić information content (AvgIpc) is 2.63. The number of hydrogen-bond donors (Lipinski definition) is 2. The van der Waals surface area contributed by atoms with Crippen LogP contribution in [0.5, 0.6) is 0 Å². The highest BCUT2D eigenvalue weighted by Crippen LogP contribution is 2.14. The lowest BCUT2D eigenvalue weighted by Gasteiger charge is -2.24. The van der Waals surface area contributed by atoms with Crippen LogP contribution in [0.25, 0.3) is 0 Å². The van der Waals surface area contributed by atoms with Gasteiger partial charge in [-0.3, -0.25) is 10.1 Å². The smallest absolute Gasteiger partial charge is 0.245 e. The van der Waals surface area contributed by atoms with Gasteiger partial charge < -0.3 is 9.88 Å². The monoisotopic (exact) mass is 208 g/mol. The van der Waals surface area contributed by atoms with Crippen molar-refractivity contribution in [2.24, 2.45) is 0 Å². The van der Waals surface area contributed by atoms with Gasteiger partial charge in [0.1, 0.15) is 11.9 Å². The second kappa shape index (κ2) is 4.02. The third kappa shape index (κ3) is 2.02. The minimum absolute atomic E-state index is 0.00264. The number of hydrogen-bond acceptors (Lipinski definition) is 3. The van der Waals surface area contributed by atoms with Gasteiger partial charge in [-0.25, -0.2) is 4.98 Å². The zero-order valence-corrected chi connectivity index (χ0v) is 9.03. The van der Waals surface area contributed by atoms with Gasteiger partial charge in [0.05, 0.1) is 0 Å². The molecule has 5 heteroatoms. The van der Waals surface area contributed by atoms with Crippen molar-refractivity contribution in [3.05, 3.63) is 18.2 Å². The van der Waals surface area contributed by atoms with E-state index >= 15 is 0 Å². The maximum absolute atomic E-state index is 11.8. The molecule has 1 amide bonds. The molecular weight excluding hydrogens is 192 g/mol. The predicted octanol–water partition coefficient (Wildman–Crippen LogP) is 0.0520. The van der Waals surface area contributed by atoms with E-state index in [4.69, 9.17) is 0 Å². The number of nitrogens with one attached hydrogen (secondary N) is 2. The summed E-state index contributed by atoms with van der Waals surface area (Å²) in [4.78, 5) is 16.0. The lowest BCUT2D eigenvalue weighted by Crippen LogP contribution is -2.45. The molecule has 82 valence electrons. The Bertz CT molecular complexity index is 358. The number of amides is 1. The lowest BCUT2D eigenvalue weighted by molar-refractivity contribution is -0.124. The van der Waals surface area contributed by atoms with Crippen LogP contribution in [-0.4, -0.2) is 28.0 Å². The number of rotatable bonds is 2. The fraction of sp³-hybridized carbons (Fsp3) is 0.600. The first kappa shape index (κ1) is 10.2. The van der Waals surface area contributed by atoms with Gasteiger partial charge in [-0.05, 0) is 13.8 Å². The Morgan fingerprint density at radius 2 is 2.53 bits per heavy atom. The van der Waals surface area contributed by atoms with Gasteiger partial charge in [0, 0.05) is 31.5 Å². The van der Waals surface area contributed by atoms with Crippen LogP contribution in [0.15, 0.2) is 12.4 Å². The van der Waals surface area contributed by atoms with E-state index in [0.29, 0.717) is 0 Å². The van der Waals surface area contributed by atoms with Crippen molar-refractivity contribution in [1.82, 2.24) is 20.2 Å². The van der Waals surface area contributed by atoms with Crippen LogP contribution < -0.4 is 10.6 Å². The van der Waals surface area contributed by atoms with Crippen LogP contribution >= 0.6 is 0 Å². The first-order valence-corrected chi connectivity index (χ1v) is 5.23. The molecule has 1 aromatic heterocycles. The molecule has 0 aliphatic carbocycles. The Labute approximate surface area is 88.9 Å². The summed E-state index contributed by atoms with van der Waals surface area (Å²) in [6.07, 6.45) is 3.64. The summed E-state index contributed by atoms with van der Waals surface area (Å²) in [6.45, 7) is 5.58.